The van der Waals surface area contributed by atoms with E-state index in [1.165, 1.54) is 18.4 Å². The lowest BCUT2D eigenvalue weighted by Crippen LogP contribution is -2.46. The molecule has 0 amide bonds. The van der Waals surface area contributed by atoms with Gasteiger partial charge >= 0.3 is 11.9 Å². The van der Waals surface area contributed by atoms with E-state index in [0.29, 0.717) is 32.4 Å². The van der Waals surface area contributed by atoms with Gasteiger partial charge in [-0.25, -0.2) is 9.59 Å². The third-order valence-corrected chi connectivity index (χ3v) is 6.67. The van der Waals surface area contributed by atoms with Crippen molar-refractivity contribution < 1.29 is 23.8 Å². The Labute approximate surface area is 189 Å². The predicted molar refractivity (Wildman–Crippen MR) is 123 cm³/mol. The van der Waals surface area contributed by atoms with E-state index in [1.54, 1.807) is 38.1 Å². The minimum atomic E-state index is -1.56. The van der Waals surface area contributed by atoms with Crippen LogP contribution in [-0.4, -0.2) is 31.3 Å². The molecule has 0 aliphatic carbocycles. The zero-order chi connectivity index (χ0) is 22.3. The Morgan fingerprint density at radius 3 is 2.52 bits per heavy atom. The molecule has 1 aromatic heterocycles. The number of aryl methyl sites for hydroxylation is 1. The van der Waals surface area contributed by atoms with Gasteiger partial charge < -0.3 is 14.2 Å². The Balaban J connectivity index is 2.11. The minimum absolute atomic E-state index is 0.176. The highest BCUT2D eigenvalue weighted by atomic mass is 35.5. The van der Waals surface area contributed by atoms with Gasteiger partial charge in [0.05, 0.1) is 24.2 Å². The van der Waals surface area contributed by atoms with Crippen LogP contribution in [0.15, 0.2) is 42.5 Å². The Morgan fingerprint density at radius 2 is 1.87 bits per heavy atom. The van der Waals surface area contributed by atoms with Crippen molar-refractivity contribution in [3.8, 4) is 5.75 Å². The normalized spacial score (nSPS) is 17.8. The summed E-state index contributed by atoms with van der Waals surface area (Å²) >= 11 is 7.51. The number of halogens is 1. The summed E-state index contributed by atoms with van der Waals surface area (Å²) in [7, 11) is 1.32. The van der Waals surface area contributed by atoms with Crippen molar-refractivity contribution in [2.24, 2.45) is 0 Å². The Kier molecular flexibility index (Phi) is 5.54. The number of hydrogen-bond donors (Lipinski definition) is 0. The predicted octanol–water partition coefficient (Wildman–Crippen LogP) is 5.66. The molecular formula is C24H21ClO5S. The van der Waals surface area contributed by atoms with Gasteiger partial charge in [0.25, 0.3) is 0 Å². The molecule has 31 heavy (non-hydrogen) atoms. The minimum Gasteiger partial charge on any atom is -0.469 e. The second-order valence-corrected chi connectivity index (χ2v) is 8.85. The van der Waals surface area contributed by atoms with E-state index in [-0.39, 0.29) is 6.61 Å². The van der Waals surface area contributed by atoms with Gasteiger partial charge in [-0.3, -0.25) is 0 Å². The molecule has 160 valence electrons. The highest BCUT2D eigenvalue weighted by Crippen LogP contribution is 2.53. The van der Waals surface area contributed by atoms with Crippen molar-refractivity contribution in [2.45, 2.75) is 26.4 Å². The number of carbonyl (C=O) groups is 2. The fourth-order valence-electron chi connectivity index (χ4n) is 3.81. The Bertz CT molecular complexity index is 1220. The van der Waals surface area contributed by atoms with Crippen molar-refractivity contribution in [3.05, 3.63) is 63.5 Å². The van der Waals surface area contributed by atoms with Crippen molar-refractivity contribution >= 4 is 56.1 Å². The number of carbonyl (C=O) groups excluding carboxylic acids is 2. The maximum absolute atomic E-state index is 13.2. The van der Waals surface area contributed by atoms with Gasteiger partial charge in [-0.1, -0.05) is 35.4 Å². The summed E-state index contributed by atoms with van der Waals surface area (Å²) in [6.45, 7) is 5.51. The number of benzene rings is 2. The fourth-order valence-corrected chi connectivity index (χ4v) is 5.08. The number of fused-ring (bicyclic) bond motifs is 3. The number of ether oxygens (including phenoxy) is 3. The number of methoxy groups -OCH3 is 1. The van der Waals surface area contributed by atoms with E-state index in [1.807, 2.05) is 25.1 Å². The molecule has 0 unspecified atom stereocenters. The molecule has 2 heterocycles. The van der Waals surface area contributed by atoms with E-state index in [0.717, 1.165) is 15.6 Å². The van der Waals surface area contributed by atoms with E-state index in [9.17, 15) is 9.59 Å². The van der Waals surface area contributed by atoms with Crippen LogP contribution in [0.1, 0.15) is 29.9 Å². The third-order valence-electron chi connectivity index (χ3n) is 5.25. The largest absolute Gasteiger partial charge is 0.469 e. The van der Waals surface area contributed by atoms with Gasteiger partial charge in [-0.05, 0) is 50.6 Å². The molecule has 0 saturated heterocycles. The number of rotatable bonds is 4. The third kappa shape index (κ3) is 3.50. The summed E-state index contributed by atoms with van der Waals surface area (Å²) in [5.74, 6) is -0.648. The van der Waals surface area contributed by atoms with E-state index in [4.69, 9.17) is 25.8 Å². The zero-order valence-electron chi connectivity index (χ0n) is 17.6. The second-order valence-electron chi connectivity index (χ2n) is 7.36. The zero-order valence-corrected chi connectivity index (χ0v) is 19.1. The molecule has 0 N–H and O–H groups in total. The van der Waals surface area contributed by atoms with Crippen molar-refractivity contribution in [1.29, 1.82) is 0 Å². The molecule has 1 aliphatic rings. The van der Waals surface area contributed by atoms with Crippen molar-refractivity contribution in [1.82, 2.24) is 0 Å². The maximum atomic E-state index is 13.2. The highest BCUT2D eigenvalue weighted by Gasteiger charge is 2.50. The molecule has 0 fully saturated rings. The quantitative estimate of drug-likeness (QED) is 0.474. The van der Waals surface area contributed by atoms with Crippen LogP contribution in [-0.2, 0) is 19.1 Å². The first-order valence-corrected chi connectivity index (χ1v) is 11.0. The van der Waals surface area contributed by atoms with Crippen molar-refractivity contribution in [3.63, 3.8) is 0 Å². The monoisotopic (exact) mass is 456 g/mol. The Hall–Kier alpha value is -2.83. The molecule has 3 aromatic rings. The summed E-state index contributed by atoms with van der Waals surface area (Å²) in [6, 6.07) is 12.9. The van der Waals surface area contributed by atoms with Gasteiger partial charge in [0.15, 0.2) is 0 Å². The molecule has 1 atom stereocenters. The number of thiophene rings is 1. The molecule has 2 aromatic carbocycles. The van der Waals surface area contributed by atoms with Gasteiger partial charge in [0.2, 0.25) is 5.60 Å². The fraction of sp³-hybridized carbons (Fsp3) is 0.250. The first-order chi connectivity index (χ1) is 14.8. The lowest BCUT2D eigenvalue weighted by molar-refractivity contribution is -0.155. The van der Waals surface area contributed by atoms with Gasteiger partial charge in [0, 0.05) is 20.7 Å². The molecule has 0 bridgehead atoms. The van der Waals surface area contributed by atoms with Crippen LogP contribution in [0.5, 0.6) is 5.75 Å². The van der Waals surface area contributed by atoms with Crippen LogP contribution in [0.3, 0.4) is 0 Å². The van der Waals surface area contributed by atoms with Crippen LogP contribution in [0.2, 0.25) is 5.02 Å². The van der Waals surface area contributed by atoms with Gasteiger partial charge in [0.1, 0.15) is 5.75 Å². The second kappa shape index (κ2) is 8.02. The lowest BCUT2D eigenvalue weighted by Gasteiger charge is -2.36. The topological polar surface area (TPSA) is 61.8 Å². The molecule has 0 spiro atoms. The van der Waals surface area contributed by atoms with E-state index < -0.39 is 17.5 Å². The summed E-state index contributed by atoms with van der Waals surface area (Å²) in [6.07, 6.45) is 0. The molecule has 5 nitrogen and oxygen atoms in total. The van der Waals surface area contributed by atoms with Crippen LogP contribution in [0, 0.1) is 6.92 Å². The number of esters is 2. The molecule has 1 aliphatic heterocycles. The van der Waals surface area contributed by atoms with Crippen LogP contribution >= 0.6 is 22.9 Å². The van der Waals surface area contributed by atoms with Gasteiger partial charge in [-0.15, -0.1) is 11.3 Å². The average molecular weight is 457 g/mol. The smallest absolute Gasteiger partial charge is 0.355 e. The SMILES string of the molecule is CCOC(=O)[C@]1(C)Oc2c(sc3ccc(C)cc23)C(C(=O)OC)=C1c1ccc(Cl)cc1. The van der Waals surface area contributed by atoms with Gasteiger partial charge in [-0.2, -0.15) is 0 Å². The summed E-state index contributed by atoms with van der Waals surface area (Å²) < 4.78 is 17.9. The lowest BCUT2D eigenvalue weighted by atomic mass is 9.82. The summed E-state index contributed by atoms with van der Waals surface area (Å²) in [5.41, 5.74) is 0.796. The van der Waals surface area contributed by atoms with Crippen molar-refractivity contribution in [2.75, 3.05) is 13.7 Å². The molecule has 0 saturated carbocycles. The Morgan fingerprint density at radius 1 is 1.16 bits per heavy atom. The average Bonchev–Trinajstić information content (AvgIpc) is 3.10. The van der Waals surface area contributed by atoms with E-state index >= 15 is 0 Å². The van der Waals surface area contributed by atoms with Crippen LogP contribution in [0.25, 0.3) is 21.2 Å². The van der Waals surface area contributed by atoms with Crippen LogP contribution in [0.4, 0.5) is 0 Å². The van der Waals surface area contributed by atoms with E-state index in [2.05, 4.69) is 0 Å². The summed E-state index contributed by atoms with van der Waals surface area (Å²) in [5, 5.41) is 1.38. The molecular weight excluding hydrogens is 436 g/mol. The molecule has 4 rings (SSSR count). The maximum Gasteiger partial charge on any atom is 0.355 e. The molecule has 7 heteroatoms. The molecule has 0 radical (unpaired) electrons. The number of hydrogen-bond acceptors (Lipinski definition) is 6. The standard InChI is InChI=1S/C24H21ClO5S/c1-5-29-23(27)24(3)19(14-7-9-15(25)10-8-14)18(22(26)28-4)21-20(30-24)16-12-13(2)6-11-17(16)31-21/h6-12H,5H2,1-4H3/t24-/m1/s1. The first-order valence-electron chi connectivity index (χ1n) is 9.79. The van der Waals surface area contributed by atoms with Crippen LogP contribution < -0.4 is 4.74 Å². The highest BCUT2D eigenvalue weighted by molar-refractivity contribution is 7.21. The first kappa shape index (κ1) is 21.4. The summed E-state index contributed by atoms with van der Waals surface area (Å²) in [4.78, 5) is 26.9.